The summed E-state index contributed by atoms with van der Waals surface area (Å²) in [5.41, 5.74) is 0. The van der Waals surface area contributed by atoms with Gasteiger partial charge in [-0.1, -0.05) is 19.8 Å². The molecule has 2 saturated heterocycles. The number of piperidine rings is 1. The molecule has 0 bridgehead atoms. The van der Waals surface area contributed by atoms with Crippen LogP contribution in [0.3, 0.4) is 0 Å². The van der Waals surface area contributed by atoms with Crippen LogP contribution in [0.1, 0.15) is 45.4 Å². The third-order valence-electron chi connectivity index (χ3n) is 4.25. The second-order valence-electron chi connectivity index (χ2n) is 5.18. The van der Waals surface area contributed by atoms with Gasteiger partial charge in [0.2, 0.25) is 0 Å². The molecule has 1 N–H and O–H groups in total. The number of hydrogen-bond donors (Lipinski definition) is 1. The van der Waals surface area contributed by atoms with E-state index in [0.29, 0.717) is 0 Å². The van der Waals surface area contributed by atoms with Crippen molar-refractivity contribution in [2.45, 2.75) is 51.5 Å². The fourth-order valence-electron chi connectivity index (χ4n) is 3.13. The Morgan fingerprint density at radius 2 is 1.87 bits per heavy atom. The number of nitrogens with zero attached hydrogens (tertiary/aromatic N) is 1. The highest BCUT2D eigenvalue weighted by molar-refractivity contribution is 4.83. The van der Waals surface area contributed by atoms with Crippen LogP contribution in [0.5, 0.6) is 0 Å². The van der Waals surface area contributed by atoms with Gasteiger partial charge < -0.3 is 10.2 Å². The Morgan fingerprint density at radius 1 is 1.07 bits per heavy atom. The van der Waals surface area contributed by atoms with Gasteiger partial charge in [0.05, 0.1) is 0 Å². The minimum absolute atomic E-state index is 0.839. The van der Waals surface area contributed by atoms with Gasteiger partial charge in [0.25, 0.3) is 0 Å². The van der Waals surface area contributed by atoms with E-state index >= 15 is 0 Å². The lowest BCUT2D eigenvalue weighted by molar-refractivity contribution is 0.162. The summed E-state index contributed by atoms with van der Waals surface area (Å²) in [6, 6.07) is 0.839. The quantitative estimate of drug-likeness (QED) is 0.752. The van der Waals surface area contributed by atoms with Crippen molar-refractivity contribution in [2.24, 2.45) is 5.92 Å². The highest BCUT2D eigenvalue weighted by atomic mass is 15.1. The van der Waals surface area contributed by atoms with Crippen LogP contribution < -0.4 is 5.32 Å². The first kappa shape index (κ1) is 11.4. The van der Waals surface area contributed by atoms with E-state index in [1.807, 2.05) is 0 Å². The average molecular weight is 210 g/mol. The SMILES string of the molecule is CCN1CCC([C@@H]2CCCCCN2)CC1. The normalized spacial score (nSPS) is 31.4. The summed E-state index contributed by atoms with van der Waals surface area (Å²) in [6.45, 7) is 7.45. The van der Waals surface area contributed by atoms with Crippen LogP contribution in [0.4, 0.5) is 0 Å². The van der Waals surface area contributed by atoms with Crippen molar-refractivity contribution in [3.63, 3.8) is 0 Å². The van der Waals surface area contributed by atoms with Crippen LogP contribution in [0, 0.1) is 5.92 Å². The van der Waals surface area contributed by atoms with Gasteiger partial charge in [0.15, 0.2) is 0 Å². The van der Waals surface area contributed by atoms with Crippen molar-refractivity contribution in [3.05, 3.63) is 0 Å². The largest absolute Gasteiger partial charge is 0.314 e. The molecule has 0 unspecified atom stereocenters. The molecule has 2 aliphatic heterocycles. The van der Waals surface area contributed by atoms with Gasteiger partial charge in [0.1, 0.15) is 0 Å². The van der Waals surface area contributed by atoms with Gasteiger partial charge in [-0.2, -0.15) is 0 Å². The fraction of sp³-hybridized carbons (Fsp3) is 1.00. The van der Waals surface area contributed by atoms with E-state index in [9.17, 15) is 0 Å². The molecule has 2 nitrogen and oxygen atoms in total. The van der Waals surface area contributed by atoms with Crippen molar-refractivity contribution in [3.8, 4) is 0 Å². The molecule has 0 amide bonds. The van der Waals surface area contributed by atoms with Crippen molar-refractivity contribution in [1.82, 2.24) is 10.2 Å². The highest BCUT2D eigenvalue weighted by Gasteiger charge is 2.25. The maximum atomic E-state index is 3.77. The number of likely N-dealkylation sites (tertiary alicyclic amines) is 1. The average Bonchev–Trinajstić information content (AvgIpc) is 2.58. The van der Waals surface area contributed by atoms with Crippen molar-refractivity contribution in [1.29, 1.82) is 0 Å². The van der Waals surface area contributed by atoms with Crippen LogP contribution in [-0.2, 0) is 0 Å². The molecule has 2 rings (SSSR count). The van der Waals surface area contributed by atoms with Gasteiger partial charge >= 0.3 is 0 Å². The first-order valence-electron chi connectivity index (χ1n) is 6.86. The van der Waals surface area contributed by atoms with Crippen LogP contribution in [0.15, 0.2) is 0 Å². The molecule has 2 fully saturated rings. The van der Waals surface area contributed by atoms with E-state index in [0.717, 1.165) is 12.0 Å². The Balaban J connectivity index is 1.78. The van der Waals surface area contributed by atoms with Crippen LogP contribution in [0.2, 0.25) is 0 Å². The van der Waals surface area contributed by atoms with Crippen molar-refractivity contribution in [2.75, 3.05) is 26.2 Å². The smallest absolute Gasteiger partial charge is 0.00962 e. The minimum atomic E-state index is 0.839. The summed E-state index contributed by atoms with van der Waals surface area (Å²) < 4.78 is 0. The number of rotatable bonds is 2. The molecule has 0 spiro atoms. The lowest BCUT2D eigenvalue weighted by Crippen LogP contribution is -2.42. The zero-order chi connectivity index (χ0) is 10.5. The molecule has 2 heterocycles. The predicted molar refractivity (Wildman–Crippen MR) is 65.1 cm³/mol. The second kappa shape index (κ2) is 5.86. The summed E-state index contributed by atoms with van der Waals surface area (Å²) in [5, 5.41) is 3.77. The lowest BCUT2D eigenvalue weighted by Gasteiger charge is -2.35. The molecular formula is C13H26N2. The maximum Gasteiger partial charge on any atom is 0.00962 e. The van der Waals surface area contributed by atoms with Gasteiger partial charge in [-0.15, -0.1) is 0 Å². The van der Waals surface area contributed by atoms with E-state index in [1.54, 1.807) is 0 Å². The topological polar surface area (TPSA) is 15.3 Å². The summed E-state index contributed by atoms with van der Waals surface area (Å²) in [4.78, 5) is 2.59. The van der Waals surface area contributed by atoms with Gasteiger partial charge in [0, 0.05) is 6.04 Å². The Bertz CT molecular complexity index is 165. The predicted octanol–water partition coefficient (Wildman–Crippen LogP) is 2.25. The zero-order valence-corrected chi connectivity index (χ0v) is 10.2. The first-order valence-corrected chi connectivity index (χ1v) is 6.86. The minimum Gasteiger partial charge on any atom is -0.314 e. The zero-order valence-electron chi connectivity index (χ0n) is 10.2. The fourth-order valence-corrected chi connectivity index (χ4v) is 3.13. The summed E-state index contributed by atoms with van der Waals surface area (Å²) in [5.74, 6) is 0.964. The van der Waals surface area contributed by atoms with Gasteiger partial charge in [-0.3, -0.25) is 0 Å². The summed E-state index contributed by atoms with van der Waals surface area (Å²) in [6.07, 6.45) is 8.56. The summed E-state index contributed by atoms with van der Waals surface area (Å²) in [7, 11) is 0. The molecule has 88 valence electrons. The maximum absolute atomic E-state index is 3.77. The number of hydrogen-bond acceptors (Lipinski definition) is 2. The standard InChI is InChI=1S/C13H26N2/c1-2-15-10-7-12(8-11-15)13-6-4-3-5-9-14-13/h12-14H,2-11H2,1H3/t13-/m0/s1. The lowest BCUT2D eigenvalue weighted by atomic mass is 9.87. The molecular weight excluding hydrogens is 184 g/mol. The Morgan fingerprint density at radius 3 is 2.60 bits per heavy atom. The first-order chi connectivity index (χ1) is 7.40. The van der Waals surface area contributed by atoms with E-state index in [1.165, 1.54) is 64.7 Å². The van der Waals surface area contributed by atoms with Crippen molar-refractivity contribution >= 4 is 0 Å². The molecule has 2 aliphatic rings. The highest BCUT2D eigenvalue weighted by Crippen LogP contribution is 2.25. The Labute approximate surface area is 94.4 Å². The van der Waals surface area contributed by atoms with Crippen LogP contribution in [0.25, 0.3) is 0 Å². The monoisotopic (exact) mass is 210 g/mol. The molecule has 0 aliphatic carbocycles. The van der Waals surface area contributed by atoms with Crippen molar-refractivity contribution < 1.29 is 0 Å². The van der Waals surface area contributed by atoms with E-state index in [2.05, 4.69) is 17.1 Å². The van der Waals surface area contributed by atoms with E-state index in [4.69, 9.17) is 0 Å². The third-order valence-corrected chi connectivity index (χ3v) is 4.25. The third kappa shape index (κ3) is 3.18. The molecule has 0 radical (unpaired) electrons. The van der Waals surface area contributed by atoms with Gasteiger partial charge in [-0.25, -0.2) is 0 Å². The van der Waals surface area contributed by atoms with E-state index in [-0.39, 0.29) is 0 Å². The molecule has 0 aromatic heterocycles. The Kier molecular flexibility index (Phi) is 4.45. The van der Waals surface area contributed by atoms with E-state index < -0.39 is 0 Å². The second-order valence-corrected chi connectivity index (χ2v) is 5.18. The molecule has 0 saturated carbocycles. The number of nitrogens with one attached hydrogen (secondary N) is 1. The van der Waals surface area contributed by atoms with Crippen LogP contribution in [-0.4, -0.2) is 37.1 Å². The Hall–Kier alpha value is -0.0800. The molecule has 1 atom stereocenters. The molecule has 0 aromatic carbocycles. The molecule has 2 heteroatoms. The van der Waals surface area contributed by atoms with Gasteiger partial charge in [-0.05, 0) is 57.8 Å². The molecule has 15 heavy (non-hydrogen) atoms. The summed E-state index contributed by atoms with van der Waals surface area (Å²) >= 11 is 0. The molecule has 0 aromatic rings. The van der Waals surface area contributed by atoms with Crippen LogP contribution >= 0.6 is 0 Å².